The maximum atomic E-state index is 11.0. The summed E-state index contributed by atoms with van der Waals surface area (Å²) in [6, 6.07) is 8.19. The number of hydrogen-bond acceptors (Lipinski definition) is 2. The van der Waals surface area contributed by atoms with E-state index in [2.05, 4.69) is 22.8 Å². The van der Waals surface area contributed by atoms with Crippen molar-refractivity contribution in [3.05, 3.63) is 29.8 Å². The summed E-state index contributed by atoms with van der Waals surface area (Å²) in [6.07, 6.45) is 3.63. The van der Waals surface area contributed by atoms with Gasteiger partial charge >= 0.3 is 0 Å². The van der Waals surface area contributed by atoms with Gasteiger partial charge in [0, 0.05) is 12.6 Å². The van der Waals surface area contributed by atoms with Gasteiger partial charge < -0.3 is 10.6 Å². The SMILES string of the molecule is CC(=O)Nc1cccc(CC2CCNCC2)c1. The van der Waals surface area contributed by atoms with E-state index in [1.165, 1.54) is 18.4 Å². The van der Waals surface area contributed by atoms with Crippen molar-refractivity contribution < 1.29 is 4.79 Å². The van der Waals surface area contributed by atoms with Crippen LogP contribution in [-0.4, -0.2) is 19.0 Å². The van der Waals surface area contributed by atoms with Crippen LogP contribution in [-0.2, 0) is 11.2 Å². The van der Waals surface area contributed by atoms with Gasteiger partial charge in [-0.3, -0.25) is 4.79 Å². The zero-order valence-corrected chi connectivity index (χ0v) is 10.3. The van der Waals surface area contributed by atoms with Crippen molar-refractivity contribution in [3.63, 3.8) is 0 Å². The van der Waals surface area contributed by atoms with Crippen LogP contribution in [0.3, 0.4) is 0 Å². The van der Waals surface area contributed by atoms with E-state index in [1.807, 2.05) is 12.1 Å². The van der Waals surface area contributed by atoms with Gasteiger partial charge in [0.1, 0.15) is 0 Å². The lowest BCUT2D eigenvalue weighted by molar-refractivity contribution is -0.114. The Labute approximate surface area is 103 Å². The summed E-state index contributed by atoms with van der Waals surface area (Å²) < 4.78 is 0. The highest BCUT2D eigenvalue weighted by Gasteiger charge is 2.13. The third kappa shape index (κ3) is 3.86. The van der Waals surface area contributed by atoms with E-state index in [9.17, 15) is 4.79 Å². The maximum Gasteiger partial charge on any atom is 0.221 e. The molecule has 0 spiro atoms. The first-order valence-electron chi connectivity index (χ1n) is 6.31. The summed E-state index contributed by atoms with van der Waals surface area (Å²) in [5.74, 6) is 0.771. The number of piperidine rings is 1. The molecule has 1 heterocycles. The quantitative estimate of drug-likeness (QED) is 0.838. The van der Waals surface area contributed by atoms with Crippen LogP contribution in [0.25, 0.3) is 0 Å². The van der Waals surface area contributed by atoms with Gasteiger partial charge in [-0.05, 0) is 56.0 Å². The predicted octanol–water partition coefficient (Wildman–Crippen LogP) is 2.19. The lowest BCUT2D eigenvalue weighted by atomic mass is 9.91. The Hall–Kier alpha value is -1.35. The van der Waals surface area contributed by atoms with E-state index < -0.39 is 0 Å². The monoisotopic (exact) mass is 232 g/mol. The number of hydrogen-bond donors (Lipinski definition) is 2. The smallest absolute Gasteiger partial charge is 0.221 e. The molecule has 1 amide bonds. The second-order valence-electron chi connectivity index (χ2n) is 4.78. The van der Waals surface area contributed by atoms with Crippen molar-refractivity contribution in [2.75, 3.05) is 18.4 Å². The molecule has 3 nitrogen and oxygen atoms in total. The molecule has 3 heteroatoms. The molecular formula is C14H20N2O. The topological polar surface area (TPSA) is 41.1 Å². The highest BCUT2D eigenvalue weighted by molar-refractivity contribution is 5.88. The van der Waals surface area contributed by atoms with Gasteiger partial charge in [0.15, 0.2) is 0 Å². The van der Waals surface area contributed by atoms with Crippen LogP contribution in [0.4, 0.5) is 5.69 Å². The lowest BCUT2D eigenvalue weighted by Crippen LogP contribution is -2.28. The minimum absolute atomic E-state index is 0.0102. The molecule has 0 aromatic heterocycles. The Kier molecular flexibility index (Phi) is 4.15. The highest BCUT2D eigenvalue weighted by Crippen LogP contribution is 2.20. The van der Waals surface area contributed by atoms with E-state index in [4.69, 9.17) is 0 Å². The molecule has 0 saturated carbocycles. The van der Waals surface area contributed by atoms with Crippen LogP contribution >= 0.6 is 0 Å². The van der Waals surface area contributed by atoms with E-state index in [0.29, 0.717) is 0 Å². The second-order valence-corrected chi connectivity index (χ2v) is 4.78. The first-order chi connectivity index (χ1) is 8.24. The summed E-state index contributed by atoms with van der Waals surface area (Å²) in [7, 11) is 0. The molecule has 0 aliphatic carbocycles. The number of carbonyl (C=O) groups excluding carboxylic acids is 1. The fourth-order valence-corrected chi connectivity index (χ4v) is 2.40. The molecule has 1 aromatic carbocycles. The van der Waals surface area contributed by atoms with Gasteiger partial charge in [-0.25, -0.2) is 0 Å². The van der Waals surface area contributed by atoms with Gasteiger partial charge in [-0.1, -0.05) is 12.1 Å². The average molecular weight is 232 g/mol. The van der Waals surface area contributed by atoms with E-state index in [0.717, 1.165) is 31.1 Å². The summed E-state index contributed by atoms with van der Waals surface area (Å²) in [4.78, 5) is 11.0. The van der Waals surface area contributed by atoms with E-state index in [1.54, 1.807) is 6.92 Å². The highest BCUT2D eigenvalue weighted by atomic mass is 16.1. The Morgan fingerprint density at radius 2 is 2.18 bits per heavy atom. The number of carbonyl (C=O) groups is 1. The molecule has 1 aromatic rings. The number of benzene rings is 1. The summed E-state index contributed by atoms with van der Waals surface area (Å²) in [5, 5.41) is 6.21. The molecule has 17 heavy (non-hydrogen) atoms. The Bertz CT molecular complexity index is 384. The molecule has 0 radical (unpaired) electrons. The molecule has 1 aliphatic rings. The van der Waals surface area contributed by atoms with Crippen molar-refractivity contribution in [2.45, 2.75) is 26.2 Å². The maximum absolute atomic E-state index is 11.0. The van der Waals surface area contributed by atoms with Gasteiger partial charge in [-0.15, -0.1) is 0 Å². The molecule has 1 aliphatic heterocycles. The number of nitrogens with one attached hydrogen (secondary N) is 2. The van der Waals surface area contributed by atoms with Crippen molar-refractivity contribution in [2.24, 2.45) is 5.92 Å². The summed E-state index contributed by atoms with van der Waals surface area (Å²) in [6.45, 7) is 3.81. The second kappa shape index (κ2) is 5.82. The number of anilines is 1. The largest absolute Gasteiger partial charge is 0.326 e. The van der Waals surface area contributed by atoms with Crippen LogP contribution in [0.15, 0.2) is 24.3 Å². The first kappa shape index (κ1) is 12.1. The van der Waals surface area contributed by atoms with Crippen molar-refractivity contribution in [1.29, 1.82) is 0 Å². The molecule has 1 fully saturated rings. The van der Waals surface area contributed by atoms with Crippen LogP contribution in [0, 0.1) is 5.92 Å². The van der Waals surface area contributed by atoms with Crippen molar-refractivity contribution in [3.8, 4) is 0 Å². The zero-order valence-electron chi connectivity index (χ0n) is 10.3. The standard InChI is InChI=1S/C14H20N2O/c1-11(17)16-14-4-2-3-13(10-14)9-12-5-7-15-8-6-12/h2-4,10,12,15H,5-9H2,1H3,(H,16,17). The van der Waals surface area contributed by atoms with Crippen molar-refractivity contribution >= 4 is 11.6 Å². The molecule has 0 atom stereocenters. The normalized spacial score (nSPS) is 16.8. The van der Waals surface area contributed by atoms with Crippen LogP contribution in [0.2, 0.25) is 0 Å². The Morgan fingerprint density at radius 1 is 1.41 bits per heavy atom. The van der Waals surface area contributed by atoms with Crippen LogP contribution in [0.5, 0.6) is 0 Å². The van der Waals surface area contributed by atoms with Crippen LogP contribution in [0.1, 0.15) is 25.3 Å². The average Bonchev–Trinajstić information content (AvgIpc) is 2.30. The minimum Gasteiger partial charge on any atom is -0.326 e. The fraction of sp³-hybridized carbons (Fsp3) is 0.500. The van der Waals surface area contributed by atoms with Gasteiger partial charge in [0.05, 0.1) is 0 Å². The number of amides is 1. The molecule has 2 N–H and O–H groups in total. The summed E-state index contributed by atoms with van der Waals surface area (Å²) in [5.41, 5.74) is 2.23. The first-order valence-corrected chi connectivity index (χ1v) is 6.31. The van der Waals surface area contributed by atoms with Gasteiger partial charge in [-0.2, -0.15) is 0 Å². The molecule has 0 unspecified atom stereocenters. The summed E-state index contributed by atoms with van der Waals surface area (Å²) >= 11 is 0. The van der Waals surface area contributed by atoms with E-state index in [-0.39, 0.29) is 5.91 Å². The fourth-order valence-electron chi connectivity index (χ4n) is 2.40. The van der Waals surface area contributed by atoms with Gasteiger partial charge in [0.25, 0.3) is 0 Å². The molecule has 2 rings (SSSR count). The van der Waals surface area contributed by atoms with E-state index >= 15 is 0 Å². The molecular weight excluding hydrogens is 212 g/mol. The van der Waals surface area contributed by atoms with Crippen LogP contribution < -0.4 is 10.6 Å². The number of rotatable bonds is 3. The predicted molar refractivity (Wildman–Crippen MR) is 70.0 cm³/mol. The molecule has 1 saturated heterocycles. The Morgan fingerprint density at radius 3 is 2.88 bits per heavy atom. The molecule has 92 valence electrons. The van der Waals surface area contributed by atoms with Crippen molar-refractivity contribution in [1.82, 2.24) is 5.32 Å². The minimum atomic E-state index is -0.0102. The van der Waals surface area contributed by atoms with Gasteiger partial charge in [0.2, 0.25) is 5.91 Å². The Balaban J connectivity index is 1.97. The third-order valence-corrected chi connectivity index (χ3v) is 3.23. The lowest BCUT2D eigenvalue weighted by Gasteiger charge is -2.22. The molecule has 0 bridgehead atoms. The third-order valence-electron chi connectivity index (χ3n) is 3.23. The zero-order chi connectivity index (χ0) is 12.1.